The SMILES string of the molecule is N#CCc1nc([N+](=O)[O-])c(N)cc1C(F)F. The van der Waals surface area contributed by atoms with Gasteiger partial charge in [-0.3, -0.25) is 0 Å². The third-order valence-corrected chi connectivity index (χ3v) is 1.80. The average molecular weight is 228 g/mol. The van der Waals surface area contributed by atoms with Crippen LogP contribution in [0.5, 0.6) is 0 Å². The molecule has 0 aliphatic carbocycles. The van der Waals surface area contributed by atoms with E-state index in [0.717, 1.165) is 6.07 Å². The van der Waals surface area contributed by atoms with Gasteiger partial charge in [-0.2, -0.15) is 5.26 Å². The Labute approximate surface area is 88.5 Å². The predicted octanol–water partition coefficient (Wildman–Crippen LogP) is 1.58. The molecule has 16 heavy (non-hydrogen) atoms. The van der Waals surface area contributed by atoms with Crippen molar-refractivity contribution in [2.45, 2.75) is 12.8 Å². The van der Waals surface area contributed by atoms with Gasteiger partial charge in [0.2, 0.25) is 0 Å². The fourth-order valence-corrected chi connectivity index (χ4v) is 1.12. The number of alkyl halides is 2. The van der Waals surface area contributed by atoms with Gasteiger partial charge in [0.05, 0.1) is 11.6 Å². The maximum Gasteiger partial charge on any atom is 0.387 e. The third kappa shape index (κ3) is 2.20. The Bertz CT molecular complexity index is 470. The highest BCUT2D eigenvalue weighted by Gasteiger charge is 2.24. The topological polar surface area (TPSA) is 106 Å². The van der Waals surface area contributed by atoms with Crippen molar-refractivity contribution in [3.05, 3.63) is 27.4 Å². The van der Waals surface area contributed by atoms with E-state index in [1.54, 1.807) is 6.07 Å². The first-order chi connectivity index (χ1) is 7.47. The molecule has 0 aliphatic heterocycles. The van der Waals surface area contributed by atoms with Crippen molar-refractivity contribution in [3.8, 4) is 6.07 Å². The smallest absolute Gasteiger partial charge is 0.387 e. The van der Waals surface area contributed by atoms with Gasteiger partial charge in [0.15, 0.2) is 5.69 Å². The second-order valence-electron chi connectivity index (χ2n) is 2.83. The van der Waals surface area contributed by atoms with E-state index >= 15 is 0 Å². The Morgan fingerprint density at radius 2 is 2.31 bits per heavy atom. The number of nitrogen functional groups attached to an aromatic ring is 1. The molecule has 0 atom stereocenters. The van der Waals surface area contributed by atoms with Crippen LogP contribution >= 0.6 is 0 Å². The highest BCUT2D eigenvalue weighted by Crippen LogP contribution is 2.28. The van der Waals surface area contributed by atoms with E-state index in [4.69, 9.17) is 11.0 Å². The van der Waals surface area contributed by atoms with Gasteiger partial charge in [-0.25, -0.2) is 8.78 Å². The van der Waals surface area contributed by atoms with Gasteiger partial charge in [0.25, 0.3) is 6.43 Å². The Morgan fingerprint density at radius 3 is 2.75 bits per heavy atom. The zero-order valence-corrected chi connectivity index (χ0v) is 7.85. The summed E-state index contributed by atoms with van der Waals surface area (Å²) in [5.74, 6) is -0.713. The minimum Gasteiger partial charge on any atom is -0.392 e. The number of aromatic nitrogens is 1. The summed E-state index contributed by atoms with van der Waals surface area (Å²) < 4.78 is 25.0. The molecule has 0 spiro atoms. The number of nitrogens with zero attached hydrogens (tertiary/aromatic N) is 3. The van der Waals surface area contributed by atoms with Gasteiger partial charge in [-0.15, -0.1) is 0 Å². The van der Waals surface area contributed by atoms with E-state index in [1.807, 2.05) is 0 Å². The van der Waals surface area contributed by atoms with Crippen LogP contribution in [0, 0.1) is 21.4 Å². The van der Waals surface area contributed by atoms with Crippen LogP contribution in [0.3, 0.4) is 0 Å². The molecule has 0 aromatic carbocycles. The molecule has 0 saturated carbocycles. The molecular weight excluding hydrogens is 222 g/mol. The largest absolute Gasteiger partial charge is 0.392 e. The molecule has 0 aliphatic rings. The van der Waals surface area contributed by atoms with E-state index in [0.29, 0.717) is 0 Å². The molecule has 0 saturated heterocycles. The Hall–Kier alpha value is -2.30. The Balaban J connectivity index is 3.38. The van der Waals surface area contributed by atoms with Crippen molar-refractivity contribution in [1.29, 1.82) is 5.26 Å². The summed E-state index contributed by atoms with van der Waals surface area (Å²) in [6.45, 7) is 0. The Kier molecular flexibility index (Phi) is 3.30. The standard InChI is InChI=1S/C8H6F2N4O2/c9-7(10)4-3-5(12)8(14(15)16)13-6(4)1-2-11/h3,7H,1,12H2. The maximum atomic E-state index is 12.5. The first-order valence-electron chi connectivity index (χ1n) is 4.06. The fraction of sp³-hybridized carbons (Fsp3) is 0.250. The minimum absolute atomic E-state index is 0.321. The van der Waals surface area contributed by atoms with Crippen LogP contribution in [0.2, 0.25) is 0 Å². The van der Waals surface area contributed by atoms with Crippen molar-refractivity contribution in [3.63, 3.8) is 0 Å². The van der Waals surface area contributed by atoms with Crippen LogP contribution in [0.4, 0.5) is 20.3 Å². The van der Waals surface area contributed by atoms with Crippen molar-refractivity contribution in [2.75, 3.05) is 5.73 Å². The van der Waals surface area contributed by atoms with E-state index in [2.05, 4.69) is 4.98 Å². The van der Waals surface area contributed by atoms with Gasteiger partial charge < -0.3 is 15.8 Å². The third-order valence-electron chi connectivity index (χ3n) is 1.80. The van der Waals surface area contributed by atoms with E-state index < -0.39 is 34.8 Å². The summed E-state index contributed by atoms with van der Waals surface area (Å²) in [5.41, 5.74) is 3.89. The maximum absolute atomic E-state index is 12.5. The first kappa shape index (κ1) is 11.8. The van der Waals surface area contributed by atoms with E-state index in [9.17, 15) is 18.9 Å². The van der Waals surface area contributed by atoms with Gasteiger partial charge in [-0.1, -0.05) is 0 Å². The Morgan fingerprint density at radius 1 is 1.69 bits per heavy atom. The van der Waals surface area contributed by atoms with Crippen molar-refractivity contribution in [1.82, 2.24) is 4.98 Å². The van der Waals surface area contributed by atoms with Gasteiger partial charge in [0.1, 0.15) is 12.1 Å². The van der Waals surface area contributed by atoms with Crippen molar-refractivity contribution in [2.24, 2.45) is 0 Å². The number of halogens is 2. The van der Waals surface area contributed by atoms with Crippen molar-refractivity contribution < 1.29 is 13.7 Å². The molecule has 0 unspecified atom stereocenters. The molecule has 84 valence electrons. The number of nitrogens with two attached hydrogens (primary N) is 1. The van der Waals surface area contributed by atoms with Crippen molar-refractivity contribution >= 4 is 11.5 Å². The number of anilines is 1. The number of nitriles is 1. The zero-order valence-electron chi connectivity index (χ0n) is 7.85. The van der Waals surface area contributed by atoms with Crippen LogP contribution in [-0.2, 0) is 6.42 Å². The number of rotatable bonds is 3. The number of nitro groups is 1. The molecule has 0 fully saturated rings. The normalized spacial score (nSPS) is 10.1. The minimum atomic E-state index is -2.88. The molecule has 6 nitrogen and oxygen atoms in total. The molecule has 0 radical (unpaired) electrons. The molecular formula is C8H6F2N4O2. The van der Waals surface area contributed by atoms with Gasteiger partial charge in [-0.05, 0) is 16.0 Å². The number of pyridine rings is 1. The molecule has 1 aromatic rings. The lowest BCUT2D eigenvalue weighted by Gasteiger charge is -2.04. The monoisotopic (exact) mass is 228 g/mol. The molecule has 0 amide bonds. The first-order valence-corrected chi connectivity index (χ1v) is 4.06. The number of hydrogen-bond donors (Lipinski definition) is 1. The summed E-state index contributed by atoms with van der Waals surface area (Å²) >= 11 is 0. The summed E-state index contributed by atoms with van der Waals surface area (Å²) in [6.07, 6.45) is -3.31. The summed E-state index contributed by atoms with van der Waals surface area (Å²) in [6, 6.07) is 2.39. The lowest BCUT2D eigenvalue weighted by molar-refractivity contribution is -0.388. The van der Waals surface area contributed by atoms with Crippen LogP contribution in [-0.4, -0.2) is 9.91 Å². The van der Waals surface area contributed by atoms with Gasteiger partial charge in [0, 0.05) is 0 Å². The van der Waals surface area contributed by atoms with Gasteiger partial charge >= 0.3 is 5.82 Å². The lowest BCUT2D eigenvalue weighted by Crippen LogP contribution is -2.05. The molecule has 2 N–H and O–H groups in total. The van der Waals surface area contributed by atoms with E-state index in [1.165, 1.54) is 0 Å². The highest BCUT2D eigenvalue weighted by atomic mass is 19.3. The zero-order chi connectivity index (χ0) is 12.3. The summed E-state index contributed by atoms with van der Waals surface area (Å²) in [7, 11) is 0. The predicted molar refractivity (Wildman–Crippen MR) is 49.6 cm³/mol. The molecule has 0 bridgehead atoms. The van der Waals surface area contributed by atoms with E-state index in [-0.39, 0.29) is 5.69 Å². The molecule has 1 rings (SSSR count). The fourth-order valence-electron chi connectivity index (χ4n) is 1.12. The molecule has 1 heterocycles. The molecule has 1 aromatic heterocycles. The van der Waals surface area contributed by atoms with Crippen LogP contribution in [0.1, 0.15) is 17.7 Å². The summed E-state index contributed by atoms with van der Waals surface area (Å²) in [5, 5.41) is 18.8. The second-order valence-corrected chi connectivity index (χ2v) is 2.83. The second kappa shape index (κ2) is 4.48. The number of hydrogen-bond acceptors (Lipinski definition) is 5. The lowest BCUT2D eigenvalue weighted by atomic mass is 10.1. The summed E-state index contributed by atoms with van der Waals surface area (Å²) in [4.78, 5) is 12.9. The quantitative estimate of drug-likeness (QED) is 0.624. The van der Waals surface area contributed by atoms with Crippen LogP contribution in [0.25, 0.3) is 0 Å². The molecule has 8 heteroatoms. The highest BCUT2D eigenvalue weighted by molar-refractivity contribution is 5.56. The average Bonchev–Trinajstić information content (AvgIpc) is 2.19. The van der Waals surface area contributed by atoms with Crippen LogP contribution < -0.4 is 5.73 Å². The van der Waals surface area contributed by atoms with Crippen LogP contribution in [0.15, 0.2) is 6.07 Å².